The van der Waals surface area contributed by atoms with Crippen LogP contribution in [0.2, 0.25) is 0 Å². The lowest BCUT2D eigenvalue weighted by atomic mass is 10.1. The van der Waals surface area contributed by atoms with Crippen LogP contribution in [0.15, 0.2) is 65.6 Å². The number of amides is 1. The molecule has 1 amide bonds. The average Bonchev–Trinajstić information content (AvgIpc) is 2.71. The number of nitrogens with zero attached hydrogens (tertiary/aromatic N) is 3. The molecular formula is C22H23N3O4. The maximum atomic E-state index is 12.3. The molecule has 150 valence electrons. The molecule has 0 aliphatic heterocycles. The van der Waals surface area contributed by atoms with Crippen molar-refractivity contribution in [3.63, 3.8) is 0 Å². The van der Waals surface area contributed by atoms with E-state index in [0.29, 0.717) is 36.6 Å². The van der Waals surface area contributed by atoms with Gasteiger partial charge in [0.2, 0.25) is 5.43 Å². The predicted molar refractivity (Wildman–Crippen MR) is 111 cm³/mol. The summed E-state index contributed by atoms with van der Waals surface area (Å²) in [5.74, 6) is 0.121. The molecule has 29 heavy (non-hydrogen) atoms. The monoisotopic (exact) mass is 393 g/mol. The van der Waals surface area contributed by atoms with Gasteiger partial charge in [-0.05, 0) is 43.7 Å². The number of hydrogen-bond donors (Lipinski definition) is 1. The van der Waals surface area contributed by atoms with Gasteiger partial charge in [0.15, 0.2) is 0 Å². The van der Waals surface area contributed by atoms with E-state index in [1.165, 1.54) is 11.0 Å². The van der Waals surface area contributed by atoms with Crippen LogP contribution in [-0.2, 0) is 11.2 Å². The number of anilines is 1. The lowest BCUT2D eigenvalue weighted by Crippen LogP contribution is -2.31. The standard InChI is InChI=1S/C22H23N3O4/c1-3-24(22(28)29-4-2)17-8-5-7-16(13-17)14-20-21(27)11-12-25(23-20)18-9-6-10-19(26)15-18/h5-13,15,26H,3-4,14H2,1-2H3. The number of rotatable bonds is 6. The Labute approximate surface area is 168 Å². The van der Waals surface area contributed by atoms with Crippen molar-refractivity contribution in [2.45, 2.75) is 20.3 Å². The van der Waals surface area contributed by atoms with Crippen molar-refractivity contribution in [1.29, 1.82) is 0 Å². The fourth-order valence-corrected chi connectivity index (χ4v) is 3.00. The van der Waals surface area contributed by atoms with E-state index in [4.69, 9.17) is 4.74 Å². The number of hydrogen-bond acceptors (Lipinski definition) is 5. The van der Waals surface area contributed by atoms with Crippen LogP contribution in [0, 0.1) is 0 Å². The third-order valence-corrected chi connectivity index (χ3v) is 4.37. The highest BCUT2D eigenvalue weighted by Gasteiger charge is 2.15. The predicted octanol–water partition coefficient (Wildman–Crippen LogP) is 3.51. The van der Waals surface area contributed by atoms with E-state index in [9.17, 15) is 14.7 Å². The Morgan fingerprint density at radius 2 is 1.93 bits per heavy atom. The van der Waals surface area contributed by atoms with E-state index < -0.39 is 6.09 Å². The number of phenols is 1. The summed E-state index contributed by atoms with van der Waals surface area (Å²) in [4.78, 5) is 26.0. The Morgan fingerprint density at radius 1 is 1.14 bits per heavy atom. The van der Waals surface area contributed by atoms with Gasteiger partial charge in [-0.25, -0.2) is 9.48 Å². The molecule has 7 heteroatoms. The van der Waals surface area contributed by atoms with Crippen LogP contribution in [0.1, 0.15) is 25.1 Å². The Kier molecular flexibility index (Phi) is 6.29. The van der Waals surface area contributed by atoms with Gasteiger partial charge in [-0.15, -0.1) is 0 Å². The molecule has 3 aromatic rings. The number of benzene rings is 2. The zero-order chi connectivity index (χ0) is 20.8. The SMILES string of the molecule is CCOC(=O)N(CC)c1cccc(Cc2nn(-c3cccc(O)c3)ccc2=O)c1. The molecule has 0 fully saturated rings. The molecule has 1 heterocycles. The molecular weight excluding hydrogens is 370 g/mol. The zero-order valence-corrected chi connectivity index (χ0v) is 16.4. The molecule has 1 N–H and O–H groups in total. The highest BCUT2D eigenvalue weighted by atomic mass is 16.6. The summed E-state index contributed by atoms with van der Waals surface area (Å²) in [6, 6.07) is 15.5. The second kappa shape index (κ2) is 9.05. The van der Waals surface area contributed by atoms with E-state index in [0.717, 1.165) is 5.56 Å². The quantitative estimate of drug-likeness (QED) is 0.693. The second-order valence-electron chi connectivity index (χ2n) is 6.38. The van der Waals surface area contributed by atoms with Gasteiger partial charge in [0.05, 0.1) is 12.3 Å². The number of carbonyl (C=O) groups is 1. The maximum absolute atomic E-state index is 12.3. The summed E-state index contributed by atoms with van der Waals surface area (Å²) in [6.07, 6.45) is 1.47. The minimum atomic E-state index is -0.406. The van der Waals surface area contributed by atoms with Crippen LogP contribution in [0.25, 0.3) is 5.69 Å². The van der Waals surface area contributed by atoms with Crippen molar-refractivity contribution >= 4 is 11.8 Å². The minimum absolute atomic E-state index is 0.121. The fourth-order valence-electron chi connectivity index (χ4n) is 3.00. The normalized spacial score (nSPS) is 10.6. The lowest BCUT2D eigenvalue weighted by molar-refractivity contribution is 0.160. The molecule has 1 aromatic heterocycles. The summed E-state index contributed by atoms with van der Waals surface area (Å²) in [6.45, 7) is 4.41. The van der Waals surface area contributed by atoms with Gasteiger partial charge < -0.3 is 9.84 Å². The summed E-state index contributed by atoms with van der Waals surface area (Å²) in [7, 11) is 0. The zero-order valence-electron chi connectivity index (χ0n) is 16.4. The van der Waals surface area contributed by atoms with E-state index >= 15 is 0 Å². The molecule has 0 bridgehead atoms. The van der Waals surface area contributed by atoms with Gasteiger partial charge in [-0.3, -0.25) is 9.69 Å². The topological polar surface area (TPSA) is 84.7 Å². The number of aromatic nitrogens is 2. The van der Waals surface area contributed by atoms with E-state index in [1.807, 2.05) is 31.2 Å². The van der Waals surface area contributed by atoms with Crippen molar-refractivity contribution in [2.24, 2.45) is 0 Å². The maximum Gasteiger partial charge on any atom is 0.414 e. The van der Waals surface area contributed by atoms with Gasteiger partial charge in [-0.2, -0.15) is 5.10 Å². The third-order valence-electron chi connectivity index (χ3n) is 4.37. The van der Waals surface area contributed by atoms with E-state index in [-0.39, 0.29) is 11.2 Å². The van der Waals surface area contributed by atoms with Crippen LogP contribution in [0.4, 0.5) is 10.5 Å². The highest BCUT2D eigenvalue weighted by molar-refractivity contribution is 5.87. The van der Waals surface area contributed by atoms with Gasteiger partial charge in [0, 0.05) is 37.0 Å². The van der Waals surface area contributed by atoms with Gasteiger partial charge in [-0.1, -0.05) is 18.2 Å². The minimum Gasteiger partial charge on any atom is -0.508 e. The van der Waals surface area contributed by atoms with Crippen molar-refractivity contribution < 1.29 is 14.6 Å². The highest BCUT2D eigenvalue weighted by Crippen LogP contribution is 2.19. The molecule has 0 saturated heterocycles. The Hall–Kier alpha value is -3.61. The van der Waals surface area contributed by atoms with Gasteiger partial charge >= 0.3 is 6.09 Å². The van der Waals surface area contributed by atoms with Gasteiger partial charge in [0.1, 0.15) is 11.4 Å². The Bertz CT molecular complexity index is 1060. The molecule has 3 rings (SSSR count). The molecule has 0 atom stereocenters. The molecule has 0 saturated carbocycles. The molecule has 0 aliphatic carbocycles. The van der Waals surface area contributed by atoms with Crippen LogP contribution in [-0.4, -0.2) is 34.1 Å². The van der Waals surface area contributed by atoms with E-state index in [1.54, 1.807) is 42.1 Å². The first kappa shape index (κ1) is 20.1. The first-order valence-electron chi connectivity index (χ1n) is 9.43. The molecule has 2 aromatic carbocycles. The van der Waals surface area contributed by atoms with Gasteiger partial charge in [0.25, 0.3) is 0 Å². The van der Waals surface area contributed by atoms with Crippen LogP contribution >= 0.6 is 0 Å². The second-order valence-corrected chi connectivity index (χ2v) is 6.38. The summed E-state index contributed by atoms with van der Waals surface area (Å²) in [5, 5.41) is 14.1. The van der Waals surface area contributed by atoms with Crippen molar-refractivity contribution in [3.8, 4) is 11.4 Å². The Balaban J connectivity index is 1.89. The fraction of sp³-hybridized carbons (Fsp3) is 0.227. The largest absolute Gasteiger partial charge is 0.508 e. The van der Waals surface area contributed by atoms with Crippen molar-refractivity contribution in [3.05, 3.63) is 82.3 Å². The first-order valence-corrected chi connectivity index (χ1v) is 9.43. The molecule has 0 unspecified atom stereocenters. The number of carbonyl (C=O) groups excluding carboxylic acids is 1. The molecule has 0 radical (unpaired) electrons. The third kappa shape index (κ3) is 4.82. The molecule has 7 nitrogen and oxygen atoms in total. The first-order chi connectivity index (χ1) is 14.0. The lowest BCUT2D eigenvalue weighted by Gasteiger charge is -2.20. The van der Waals surface area contributed by atoms with Crippen molar-refractivity contribution in [2.75, 3.05) is 18.1 Å². The number of aromatic hydroxyl groups is 1. The molecule has 0 aliphatic rings. The smallest absolute Gasteiger partial charge is 0.414 e. The van der Waals surface area contributed by atoms with Crippen LogP contribution in [0.5, 0.6) is 5.75 Å². The average molecular weight is 393 g/mol. The van der Waals surface area contributed by atoms with Crippen LogP contribution < -0.4 is 10.3 Å². The Morgan fingerprint density at radius 3 is 2.66 bits per heavy atom. The van der Waals surface area contributed by atoms with Crippen LogP contribution in [0.3, 0.4) is 0 Å². The number of ether oxygens (including phenoxy) is 1. The molecule has 0 spiro atoms. The number of phenolic OH excluding ortho intramolecular Hbond substituents is 1. The van der Waals surface area contributed by atoms with Crippen molar-refractivity contribution in [1.82, 2.24) is 9.78 Å². The van der Waals surface area contributed by atoms with E-state index in [2.05, 4.69) is 5.10 Å². The summed E-state index contributed by atoms with van der Waals surface area (Å²) in [5.41, 5.74) is 2.40. The summed E-state index contributed by atoms with van der Waals surface area (Å²) >= 11 is 0. The summed E-state index contributed by atoms with van der Waals surface area (Å²) < 4.78 is 6.65.